The third kappa shape index (κ3) is 7.43. The first-order valence-electron chi connectivity index (χ1n) is 14.6. The van der Waals surface area contributed by atoms with Crippen molar-refractivity contribution in [1.29, 1.82) is 0 Å². The van der Waals surface area contributed by atoms with Gasteiger partial charge in [-0.15, -0.1) is 0 Å². The zero-order chi connectivity index (χ0) is 31.9. The van der Waals surface area contributed by atoms with E-state index in [4.69, 9.17) is 28.8 Å². The van der Waals surface area contributed by atoms with Crippen LogP contribution in [-0.2, 0) is 13.1 Å². The third-order valence-corrected chi connectivity index (χ3v) is 7.77. The number of thiocarbonyl (C=S) groups is 1. The summed E-state index contributed by atoms with van der Waals surface area (Å²) in [6.45, 7) is 0.775. The smallest absolute Gasteiger partial charge is 0.251 e. The highest BCUT2D eigenvalue weighted by Gasteiger charge is 2.20. The van der Waals surface area contributed by atoms with Crippen LogP contribution in [0.25, 0.3) is 10.9 Å². The van der Waals surface area contributed by atoms with E-state index in [1.54, 1.807) is 30.3 Å². The molecule has 0 aliphatic heterocycles. The lowest BCUT2D eigenvalue weighted by atomic mass is 9.99. The molecule has 0 fully saturated rings. The number of hydrogen-bond donors (Lipinski definition) is 5. The van der Waals surface area contributed by atoms with Gasteiger partial charge in [-0.1, -0.05) is 90.5 Å². The fourth-order valence-corrected chi connectivity index (χ4v) is 5.50. The van der Waals surface area contributed by atoms with Crippen molar-refractivity contribution in [2.75, 3.05) is 10.6 Å². The zero-order valence-electron chi connectivity index (χ0n) is 24.6. The maximum absolute atomic E-state index is 13.1. The molecule has 1 amide bonds. The van der Waals surface area contributed by atoms with Gasteiger partial charge in [0.1, 0.15) is 0 Å². The van der Waals surface area contributed by atoms with E-state index in [0.717, 1.165) is 28.1 Å². The van der Waals surface area contributed by atoms with Crippen molar-refractivity contribution in [2.45, 2.75) is 13.1 Å². The van der Waals surface area contributed by atoms with Gasteiger partial charge in [0.2, 0.25) is 0 Å². The average Bonchev–Trinajstić information content (AvgIpc) is 3.40. The number of halogens is 1. The van der Waals surface area contributed by atoms with Crippen molar-refractivity contribution in [3.63, 3.8) is 0 Å². The number of aliphatic imine (C=N–C) groups is 1. The largest absolute Gasteiger partial charge is 0.494 e. The molecule has 0 aliphatic rings. The molecule has 228 valence electrons. The number of nitrogens with one attached hydrogen (secondary N) is 4. The van der Waals surface area contributed by atoms with Crippen LogP contribution in [0.4, 0.5) is 11.4 Å². The van der Waals surface area contributed by atoms with E-state index in [1.165, 1.54) is 0 Å². The SMILES string of the molecule is O=C(NCc1ccccc1)c1ccc2[nH]c(O)c(C(=NCc3ccc(NC(=S)Nc4cccc(Cl)c4)cc3)c3ccccc3)c2c1. The molecule has 6 aromatic rings. The molecule has 0 unspecified atom stereocenters. The van der Waals surface area contributed by atoms with Gasteiger partial charge in [-0.2, -0.15) is 0 Å². The number of aromatic hydroxyl groups is 1. The minimum absolute atomic E-state index is 0.0142. The Bertz CT molecular complexity index is 2030. The Hall–Kier alpha value is -5.44. The Labute approximate surface area is 277 Å². The van der Waals surface area contributed by atoms with Gasteiger partial charge in [0.15, 0.2) is 11.0 Å². The van der Waals surface area contributed by atoms with Crippen LogP contribution in [0.3, 0.4) is 0 Å². The van der Waals surface area contributed by atoms with Gasteiger partial charge in [-0.25, -0.2) is 0 Å². The standard InChI is InChI=1S/C37H30ClN5O2S/c38-28-12-7-13-30(21-28)42-37(46)41-29-17-14-25(15-18-29)22-39-34(26-10-5-2-6-11-26)33-31-20-27(16-19-32(31)43-36(33)45)35(44)40-23-24-8-3-1-4-9-24/h1-21,43,45H,22-23H2,(H,40,44)(H2,41,42,46). The molecule has 1 aromatic heterocycles. The van der Waals surface area contributed by atoms with E-state index >= 15 is 0 Å². The number of aromatic nitrogens is 1. The van der Waals surface area contributed by atoms with E-state index in [1.807, 2.05) is 97.1 Å². The number of hydrogen-bond acceptors (Lipinski definition) is 4. The summed E-state index contributed by atoms with van der Waals surface area (Å²) in [5.74, 6) is -0.216. The van der Waals surface area contributed by atoms with Crippen LogP contribution in [-0.4, -0.2) is 26.8 Å². The second-order valence-corrected chi connectivity index (χ2v) is 11.4. The Kier molecular flexibility index (Phi) is 9.38. The molecule has 0 atom stereocenters. The van der Waals surface area contributed by atoms with E-state index in [0.29, 0.717) is 51.0 Å². The summed E-state index contributed by atoms with van der Waals surface area (Å²) in [6.07, 6.45) is 0. The number of fused-ring (bicyclic) bond motifs is 1. The second kappa shape index (κ2) is 14.1. The lowest BCUT2D eigenvalue weighted by Gasteiger charge is -2.11. The first kappa shape index (κ1) is 30.6. The summed E-state index contributed by atoms with van der Waals surface area (Å²) in [6, 6.07) is 39.9. The molecule has 0 saturated heterocycles. The highest BCUT2D eigenvalue weighted by atomic mass is 35.5. The lowest BCUT2D eigenvalue weighted by molar-refractivity contribution is 0.0951. The Morgan fingerprint density at radius 2 is 1.48 bits per heavy atom. The Balaban J connectivity index is 1.23. The van der Waals surface area contributed by atoms with Crippen molar-refractivity contribution in [1.82, 2.24) is 10.3 Å². The molecule has 7 nitrogen and oxygen atoms in total. The van der Waals surface area contributed by atoms with Crippen molar-refractivity contribution in [2.24, 2.45) is 4.99 Å². The molecule has 0 bridgehead atoms. The molecule has 5 aromatic carbocycles. The molecule has 0 aliphatic carbocycles. The highest BCUT2D eigenvalue weighted by Crippen LogP contribution is 2.31. The maximum atomic E-state index is 13.1. The van der Waals surface area contributed by atoms with Crippen LogP contribution < -0.4 is 16.0 Å². The average molecular weight is 644 g/mol. The van der Waals surface area contributed by atoms with Crippen LogP contribution >= 0.6 is 23.8 Å². The predicted molar refractivity (Wildman–Crippen MR) is 191 cm³/mol. The van der Waals surface area contributed by atoms with E-state index < -0.39 is 0 Å². The number of rotatable bonds is 9. The fourth-order valence-electron chi connectivity index (χ4n) is 5.07. The number of benzene rings is 5. The molecule has 0 spiro atoms. The quantitative estimate of drug-likeness (QED) is 0.0806. The normalized spacial score (nSPS) is 11.3. The van der Waals surface area contributed by atoms with E-state index in [9.17, 15) is 9.90 Å². The van der Waals surface area contributed by atoms with Gasteiger partial charge in [0, 0.05) is 45.0 Å². The number of H-pyrrole nitrogens is 1. The number of aromatic amines is 1. The molecular formula is C37H30ClN5O2S. The third-order valence-electron chi connectivity index (χ3n) is 7.33. The summed E-state index contributed by atoms with van der Waals surface area (Å²) in [7, 11) is 0. The molecule has 5 N–H and O–H groups in total. The molecule has 1 heterocycles. The van der Waals surface area contributed by atoms with Crippen molar-refractivity contribution < 1.29 is 9.90 Å². The van der Waals surface area contributed by atoms with Gasteiger partial charge in [-0.05, 0) is 71.9 Å². The van der Waals surface area contributed by atoms with Gasteiger partial charge in [-0.3, -0.25) is 9.79 Å². The Morgan fingerprint density at radius 1 is 0.761 bits per heavy atom. The summed E-state index contributed by atoms with van der Waals surface area (Å²) in [5, 5.41) is 22.2. The molecule has 9 heteroatoms. The fraction of sp³-hybridized carbons (Fsp3) is 0.0541. The minimum atomic E-state index is -0.202. The number of amides is 1. The number of carbonyl (C=O) groups is 1. The van der Waals surface area contributed by atoms with Gasteiger partial charge in [0.05, 0.1) is 17.8 Å². The lowest BCUT2D eigenvalue weighted by Crippen LogP contribution is -2.22. The van der Waals surface area contributed by atoms with Gasteiger partial charge < -0.3 is 26.0 Å². The number of carbonyl (C=O) groups excluding carboxylic acids is 1. The van der Waals surface area contributed by atoms with Crippen LogP contribution in [0.5, 0.6) is 5.88 Å². The summed E-state index contributed by atoms with van der Waals surface area (Å²) >= 11 is 11.5. The van der Waals surface area contributed by atoms with E-state index in [2.05, 4.69) is 20.9 Å². The molecule has 46 heavy (non-hydrogen) atoms. The highest BCUT2D eigenvalue weighted by molar-refractivity contribution is 7.80. The minimum Gasteiger partial charge on any atom is -0.494 e. The maximum Gasteiger partial charge on any atom is 0.251 e. The summed E-state index contributed by atoms with van der Waals surface area (Å²) in [4.78, 5) is 21.1. The van der Waals surface area contributed by atoms with Crippen LogP contribution in [0.1, 0.15) is 32.6 Å². The topological polar surface area (TPSA) is 102 Å². The number of anilines is 2. The predicted octanol–water partition coefficient (Wildman–Crippen LogP) is 8.30. The van der Waals surface area contributed by atoms with E-state index in [-0.39, 0.29) is 11.8 Å². The Morgan fingerprint density at radius 3 is 2.22 bits per heavy atom. The van der Waals surface area contributed by atoms with Gasteiger partial charge >= 0.3 is 0 Å². The molecule has 6 rings (SSSR count). The van der Waals surface area contributed by atoms with Crippen molar-refractivity contribution in [3.8, 4) is 5.88 Å². The van der Waals surface area contributed by atoms with Crippen LogP contribution in [0.2, 0.25) is 5.02 Å². The van der Waals surface area contributed by atoms with Crippen LogP contribution in [0, 0.1) is 0 Å². The molecular weight excluding hydrogens is 614 g/mol. The monoisotopic (exact) mass is 643 g/mol. The first-order chi connectivity index (χ1) is 22.4. The summed E-state index contributed by atoms with van der Waals surface area (Å²) in [5.41, 5.74) is 6.77. The van der Waals surface area contributed by atoms with Crippen molar-refractivity contribution >= 4 is 62.8 Å². The molecule has 0 saturated carbocycles. The van der Waals surface area contributed by atoms with Gasteiger partial charge in [0.25, 0.3) is 5.91 Å². The number of nitrogens with zero attached hydrogens (tertiary/aromatic N) is 1. The molecule has 0 radical (unpaired) electrons. The second-order valence-electron chi connectivity index (χ2n) is 10.6. The zero-order valence-corrected chi connectivity index (χ0v) is 26.2. The van der Waals surface area contributed by atoms with Crippen LogP contribution in [0.15, 0.2) is 132 Å². The summed E-state index contributed by atoms with van der Waals surface area (Å²) < 4.78 is 0. The first-order valence-corrected chi connectivity index (χ1v) is 15.4. The van der Waals surface area contributed by atoms with Crippen molar-refractivity contribution in [3.05, 3.63) is 160 Å².